The van der Waals surface area contributed by atoms with Gasteiger partial charge in [0.1, 0.15) is 6.54 Å². The minimum absolute atomic E-state index is 0.0129. The predicted octanol–water partition coefficient (Wildman–Crippen LogP) is 2.02. The highest BCUT2D eigenvalue weighted by molar-refractivity contribution is 5.82. The lowest BCUT2D eigenvalue weighted by Gasteiger charge is -2.24. The summed E-state index contributed by atoms with van der Waals surface area (Å²) in [4.78, 5) is 5.06. The van der Waals surface area contributed by atoms with Crippen molar-refractivity contribution in [2.45, 2.75) is 13.1 Å². The second-order valence-electron chi connectivity index (χ2n) is 3.54. The number of nitrogens with two attached hydrogens (primary N) is 1. The van der Waals surface area contributed by atoms with E-state index in [1.54, 1.807) is 37.3 Å². The fourth-order valence-electron chi connectivity index (χ4n) is 1.37. The third kappa shape index (κ3) is 4.62. The minimum atomic E-state index is -4.30. The lowest BCUT2D eigenvalue weighted by Crippen LogP contribution is -2.48. The average molecular weight is 260 g/mol. The lowest BCUT2D eigenvalue weighted by atomic mass is 10.3. The molecule has 3 N–H and O–H groups in total. The van der Waals surface area contributed by atoms with E-state index in [0.717, 1.165) is 4.90 Å². The van der Waals surface area contributed by atoms with Crippen molar-refractivity contribution in [3.8, 4) is 0 Å². The van der Waals surface area contributed by atoms with Gasteiger partial charge in [-0.05, 0) is 19.1 Å². The number of benzene rings is 1. The zero-order valence-corrected chi connectivity index (χ0v) is 9.91. The number of guanidine groups is 1. The molecule has 0 heterocycles. The molecule has 0 unspecified atom stereocenters. The van der Waals surface area contributed by atoms with Crippen molar-refractivity contribution >= 4 is 11.6 Å². The normalized spacial score (nSPS) is 12.4. The number of aliphatic imine (C=N–C) groups is 1. The van der Waals surface area contributed by atoms with Crippen LogP contribution < -0.4 is 11.3 Å². The first kappa shape index (κ1) is 14.3. The summed E-state index contributed by atoms with van der Waals surface area (Å²) in [6.45, 7) is 0.651. The number of halogens is 3. The second kappa shape index (κ2) is 6.25. The van der Waals surface area contributed by atoms with Gasteiger partial charge in [-0.1, -0.05) is 18.2 Å². The third-order valence-electron chi connectivity index (χ3n) is 2.17. The summed E-state index contributed by atoms with van der Waals surface area (Å²) in [6.07, 6.45) is -4.30. The maximum Gasteiger partial charge on any atom is 0.406 e. The second-order valence-corrected chi connectivity index (χ2v) is 3.54. The van der Waals surface area contributed by atoms with Crippen LogP contribution in [-0.4, -0.2) is 30.1 Å². The summed E-state index contributed by atoms with van der Waals surface area (Å²) in [7, 11) is 0. The number of rotatable bonds is 3. The van der Waals surface area contributed by atoms with E-state index in [9.17, 15) is 13.2 Å². The van der Waals surface area contributed by atoms with Crippen molar-refractivity contribution < 1.29 is 13.2 Å². The average Bonchev–Trinajstić information content (AvgIpc) is 2.33. The fraction of sp³-hybridized carbons (Fsp3) is 0.364. The number of nitrogens with zero attached hydrogens (tertiary/aromatic N) is 2. The van der Waals surface area contributed by atoms with Gasteiger partial charge in [0, 0.05) is 6.54 Å². The molecule has 0 atom stereocenters. The Hall–Kier alpha value is -1.76. The van der Waals surface area contributed by atoms with Crippen LogP contribution in [0.15, 0.2) is 35.3 Å². The molecule has 1 aromatic carbocycles. The van der Waals surface area contributed by atoms with Crippen LogP contribution >= 0.6 is 0 Å². The Morgan fingerprint density at radius 2 is 1.94 bits per heavy atom. The van der Waals surface area contributed by atoms with Crippen LogP contribution in [0.25, 0.3) is 0 Å². The van der Waals surface area contributed by atoms with Crippen molar-refractivity contribution in [1.29, 1.82) is 0 Å². The van der Waals surface area contributed by atoms with Gasteiger partial charge < -0.3 is 4.90 Å². The topological polar surface area (TPSA) is 53.6 Å². The van der Waals surface area contributed by atoms with Crippen LogP contribution in [-0.2, 0) is 0 Å². The zero-order chi connectivity index (χ0) is 13.6. The Kier molecular flexibility index (Phi) is 4.96. The molecule has 1 aromatic rings. The molecule has 0 spiro atoms. The molecular weight excluding hydrogens is 245 g/mol. The largest absolute Gasteiger partial charge is 0.406 e. The monoisotopic (exact) mass is 260 g/mol. The molecule has 0 bridgehead atoms. The first-order chi connectivity index (χ1) is 8.46. The molecule has 0 aliphatic rings. The maximum absolute atomic E-state index is 12.4. The van der Waals surface area contributed by atoms with Crippen molar-refractivity contribution in [3.63, 3.8) is 0 Å². The fourth-order valence-corrected chi connectivity index (χ4v) is 1.37. The van der Waals surface area contributed by atoms with E-state index in [0.29, 0.717) is 5.69 Å². The first-order valence-corrected chi connectivity index (χ1v) is 5.38. The Bertz CT molecular complexity index is 389. The molecule has 0 saturated carbocycles. The number of hydrazine groups is 1. The van der Waals surface area contributed by atoms with Gasteiger partial charge in [0.2, 0.25) is 5.96 Å². The first-order valence-electron chi connectivity index (χ1n) is 5.38. The highest BCUT2D eigenvalue weighted by Gasteiger charge is 2.31. The van der Waals surface area contributed by atoms with E-state index >= 15 is 0 Å². The lowest BCUT2D eigenvalue weighted by molar-refractivity contribution is -0.137. The molecule has 0 aliphatic carbocycles. The Morgan fingerprint density at radius 3 is 2.39 bits per heavy atom. The summed E-state index contributed by atoms with van der Waals surface area (Å²) in [6, 6.07) is 8.64. The van der Waals surface area contributed by atoms with Crippen molar-refractivity contribution in [3.05, 3.63) is 30.3 Å². The van der Waals surface area contributed by atoms with Gasteiger partial charge in [0.25, 0.3) is 0 Å². The summed E-state index contributed by atoms with van der Waals surface area (Å²) in [5.41, 5.74) is 2.73. The molecule has 100 valence electrons. The quantitative estimate of drug-likeness (QED) is 0.378. The molecule has 0 aliphatic heterocycles. The van der Waals surface area contributed by atoms with Gasteiger partial charge in [-0.25, -0.2) is 10.8 Å². The molecule has 0 fully saturated rings. The van der Waals surface area contributed by atoms with Gasteiger partial charge >= 0.3 is 6.18 Å². The molecule has 0 saturated heterocycles. The van der Waals surface area contributed by atoms with Gasteiger partial charge in [0.05, 0.1) is 5.69 Å². The molecule has 0 radical (unpaired) electrons. The number of para-hydroxylation sites is 1. The smallest absolute Gasteiger partial charge is 0.333 e. The van der Waals surface area contributed by atoms with E-state index in [1.165, 1.54) is 0 Å². The van der Waals surface area contributed by atoms with Crippen molar-refractivity contribution in [2.24, 2.45) is 10.8 Å². The van der Waals surface area contributed by atoms with Gasteiger partial charge in [-0.15, -0.1) is 0 Å². The number of hydrogen-bond acceptors (Lipinski definition) is 2. The molecule has 0 amide bonds. The molecule has 7 heteroatoms. The number of hydrogen-bond donors (Lipinski definition) is 2. The molecule has 0 aromatic heterocycles. The van der Waals surface area contributed by atoms with Crippen LogP contribution in [0.2, 0.25) is 0 Å². The SMILES string of the molecule is CCN(CC(F)(F)F)C(=Nc1ccccc1)NN. The van der Waals surface area contributed by atoms with E-state index in [-0.39, 0.29) is 12.5 Å². The third-order valence-corrected chi connectivity index (χ3v) is 2.17. The highest BCUT2D eigenvalue weighted by atomic mass is 19.4. The standard InChI is InChI=1S/C11H15F3N4/c1-2-18(8-11(12,13)14)10(17-15)16-9-6-4-3-5-7-9/h3-7H,2,8,15H2,1H3,(H,16,17). The van der Waals surface area contributed by atoms with Crippen LogP contribution in [0.3, 0.4) is 0 Å². The van der Waals surface area contributed by atoms with E-state index in [2.05, 4.69) is 10.4 Å². The Balaban J connectivity index is 2.90. The molecule has 1 rings (SSSR count). The van der Waals surface area contributed by atoms with Crippen LogP contribution in [0.5, 0.6) is 0 Å². The van der Waals surface area contributed by atoms with Gasteiger partial charge in [-0.2, -0.15) is 13.2 Å². The molecule has 18 heavy (non-hydrogen) atoms. The van der Waals surface area contributed by atoms with E-state index < -0.39 is 12.7 Å². The van der Waals surface area contributed by atoms with Crippen molar-refractivity contribution in [1.82, 2.24) is 10.3 Å². The summed E-state index contributed by atoms with van der Waals surface area (Å²) in [5, 5.41) is 0. The summed E-state index contributed by atoms with van der Waals surface area (Å²) in [5.74, 6) is 5.21. The Morgan fingerprint density at radius 1 is 1.33 bits per heavy atom. The number of alkyl halides is 3. The summed E-state index contributed by atoms with van der Waals surface area (Å²) < 4.78 is 37.1. The Labute approximate surface area is 103 Å². The van der Waals surface area contributed by atoms with E-state index in [4.69, 9.17) is 5.84 Å². The predicted molar refractivity (Wildman–Crippen MR) is 64.2 cm³/mol. The summed E-state index contributed by atoms with van der Waals surface area (Å²) >= 11 is 0. The van der Waals surface area contributed by atoms with Crippen LogP contribution in [0, 0.1) is 0 Å². The number of nitrogens with one attached hydrogen (secondary N) is 1. The van der Waals surface area contributed by atoms with Gasteiger partial charge in [0.15, 0.2) is 0 Å². The van der Waals surface area contributed by atoms with Gasteiger partial charge in [-0.3, -0.25) is 5.43 Å². The van der Waals surface area contributed by atoms with Crippen molar-refractivity contribution in [2.75, 3.05) is 13.1 Å². The highest BCUT2D eigenvalue weighted by Crippen LogP contribution is 2.17. The van der Waals surface area contributed by atoms with E-state index in [1.807, 2.05) is 0 Å². The zero-order valence-electron chi connectivity index (χ0n) is 9.91. The van der Waals surface area contributed by atoms with Crippen LogP contribution in [0.1, 0.15) is 6.92 Å². The maximum atomic E-state index is 12.4. The molecular formula is C11H15F3N4. The van der Waals surface area contributed by atoms with Crippen LogP contribution in [0.4, 0.5) is 18.9 Å². The minimum Gasteiger partial charge on any atom is -0.333 e. The molecule has 4 nitrogen and oxygen atoms in total.